The molecule has 0 spiro atoms. The fourth-order valence-electron chi connectivity index (χ4n) is 2.06. The van der Waals surface area contributed by atoms with Gasteiger partial charge in [0.15, 0.2) is 6.61 Å². The zero-order valence-electron chi connectivity index (χ0n) is 14.2. The van der Waals surface area contributed by atoms with Gasteiger partial charge in [0.2, 0.25) is 0 Å². The van der Waals surface area contributed by atoms with Gasteiger partial charge in [0.1, 0.15) is 5.75 Å². The molecule has 25 heavy (non-hydrogen) atoms. The van der Waals surface area contributed by atoms with Crippen molar-refractivity contribution in [2.75, 3.05) is 13.2 Å². The van der Waals surface area contributed by atoms with E-state index in [1.54, 1.807) is 6.07 Å². The van der Waals surface area contributed by atoms with Gasteiger partial charge in [0.05, 0.1) is 0 Å². The summed E-state index contributed by atoms with van der Waals surface area (Å²) in [6.45, 7) is 3.90. The first-order chi connectivity index (χ1) is 12.0. The van der Waals surface area contributed by atoms with Crippen LogP contribution in [0.15, 0.2) is 42.5 Å². The van der Waals surface area contributed by atoms with Crippen LogP contribution in [-0.2, 0) is 14.4 Å². The molecule has 0 saturated carbocycles. The Morgan fingerprint density at radius 2 is 1.68 bits per heavy atom. The molecule has 132 valence electrons. The van der Waals surface area contributed by atoms with E-state index in [1.165, 1.54) is 0 Å². The highest BCUT2D eigenvalue weighted by atomic mass is 16.5. The van der Waals surface area contributed by atoms with Crippen LogP contribution in [0.1, 0.15) is 13.8 Å². The average molecular weight is 343 g/mol. The third-order valence-electron chi connectivity index (χ3n) is 3.30. The first-order valence-electron chi connectivity index (χ1n) is 7.95. The van der Waals surface area contributed by atoms with Gasteiger partial charge in [0, 0.05) is 11.9 Å². The summed E-state index contributed by atoms with van der Waals surface area (Å²) in [5.74, 6) is -1.52. The van der Waals surface area contributed by atoms with Crippen LogP contribution in [0.3, 0.4) is 0 Å². The highest BCUT2D eigenvalue weighted by Gasteiger charge is 2.14. The molecule has 0 aliphatic heterocycles. The minimum Gasteiger partial charge on any atom is -0.483 e. The summed E-state index contributed by atoms with van der Waals surface area (Å²) < 4.78 is 5.49. The molecule has 2 rings (SSSR count). The van der Waals surface area contributed by atoms with E-state index in [-0.39, 0.29) is 12.5 Å². The Morgan fingerprint density at radius 3 is 2.44 bits per heavy atom. The van der Waals surface area contributed by atoms with E-state index in [1.807, 2.05) is 55.7 Å². The van der Waals surface area contributed by atoms with Crippen LogP contribution >= 0.6 is 0 Å². The van der Waals surface area contributed by atoms with Crippen molar-refractivity contribution in [3.05, 3.63) is 42.5 Å². The van der Waals surface area contributed by atoms with Crippen LogP contribution in [0.25, 0.3) is 10.8 Å². The minimum absolute atomic E-state index is 0.223. The first kappa shape index (κ1) is 18.3. The highest BCUT2D eigenvalue weighted by Crippen LogP contribution is 2.24. The number of fused-ring (bicyclic) bond motifs is 1. The van der Waals surface area contributed by atoms with E-state index in [0.29, 0.717) is 12.3 Å². The molecular weight excluding hydrogens is 322 g/mol. The van der Waals surface area contributed by atoms with E-state index >= 15 is 0 Å². The van der Waals surface area contributed by atoms with Crippen molar-refractivity contribution in [2.45, 2.75) is 13.8 Å². The number of amides is 3. The van der Waals surface area contributed by atoms with Gasteiger partial charge in [0.25, 0.3) is 5.91 Å². The second kappa shape index (κ2) is 8.68. The van der Waals surface area contributed by atoms with Crippen LogP contribution in [0.4, 0.5) is 0 Å². The van der Waals surface area contributed by atoms with E-state index in [0.717, 1.165) is 10.8 Å². The first-order valence-corrected chi connectivity index (χ1v) is 7.95. The van der Waals surface area contributed by atoms with Crippen LogP contribution < -0.4 is 20.9 Å². The Morgan fingerprint density at radius 1 is 0.960 bits per heavy atom. The molecule has 0 aromatic heterocycles. The molecule has 0 heterocycles. The molecule has 7 nitrogen and oxygen atoms in total. The lowest BCUT2D eigenvalue weighted by Crippen LogP contribution is -2.50. The third kappa shape index (κ3) is 5.49. The summed E-state index contributed by atoms with van der Waals surface area (Å²) in [5.41, 5.74) is 4.19. The molecule has 0 radical (unpaired) electrons. The number of hydrogen-bond donors (Lipinski definition) is 3. The Labute approximate surface area is 145 Å². The number of carbonyl (C=O) groups excluding carboxylic acids is 3. The summed E-state index contributed by atoms with van der Waals surface area (Å²) >= 11 is 0. The fraction of sp³-hybridized carbons (Fsp3) is 0.278. The SMILES string of the molecule is CC(C)CNC(=O)C(=O)NNC(=O)COc1cccc2ccccc12. The van der Waals surface area contributed by atoms with Crippen LogP contribution in [0.2, 0.25) is 0 Å². The molecule has 2 aromatic carbocycles. The summed E-state index contributed by atoms with van der Waals surface area (Å²) in [7, 11) is 0. The maximum Gasteiger partial charge on any atom is 0.327 e. The molecule has 0 bridgehead atoms. The Kier molecular flexibility index (Phi) is 6.33. The van der Waals surface area contributed by atoms with Crippen LogP contribution in [0, 0.1) is 5.92 Å². The number of ether oxygens (including phenoxy) is 1. The fourth-order valence-corrected chi connectivity index (χ4v) is 2.06. The molecule has 0 aliphatic rings. The second-order valence-corrected chi connectivity index (χ2v) is 5.87. The van der Waals surface area contributed by atoms with Crippen molar-refractivity contribution in [1.82, 2.24) is 16.2 Å². The van der Waals surface area contributed by atoms with Crippen molar-refractivity contribution in [3.63, 3.8) is 0 Å². The van der Waals surface area contributed by atoms with Gasteiger partial charge >= 0.3 is 11.8 Å². The molecule has 0 fully saturated rings. The minimum atomic E-state index is -0.931. The van der Waals surface area contributed by atoms with Gasteiger partial charge in [-0.25, -0.2) is 0 Å². The Hall–Kier alpha value is -3.09. The molecule has 7 heteroatoms. The van der Waals surface area contributed by atoms with E-state index in [9.17, 15) is 14.4 Å². The van der Waals surface area contributed by atoms with E-state index < -0.39 is 17.7 Å². The summed E-state index contributed by atoms with van der Waals surface area (Å²) in [4.78, 5) is 34.8. The second-order valence-electron chi connectivity index (χ2n) is 5.87. The van der Waals surface area contributed by atoms with Gasteiger partial charge in [-0.1, -0.05) is 50.2 Å². The van der Waals surface area contributed by atoms with Gasteiger partial charge in [-0.15, -0.1) is 0 Å². The van der Waals surface area contributed by atoms with Crippen LogP contribution in [0.5, 0.6) is 5.75 Å². The monoisotopic (exact) mass is 343 g/mol. The quantitative estimate of drug-likeness (QED) is 0.560. The van der Waals surface area contributed by atoms with Crippen molar-refractivity contribution < 1.29 is 19.1 Å². The maximum absolute atomic E-state index is 11.8. The predicted molar refractivity (Wildman–Crippen MR) is 93.6 cm³/mol. The molecule has 3 N–H and O–H groups in total. The summed E-state index contributed by atoms with van der Waals surface area (Å²) in [6.07, 6.45) is 0. The van der Waals surface area contributed by atoms with Crippen LogP contribution in [-0.4, -0.2) is 30.9 Å². The normalized spacial score (nSPS) is 10.4. The Bertz CT molecular complexity index is 769. The molecule has 0 saturated heterocycles. The molecule has 0 unspecified atom stereocenters. The summed E-state index contributed by atoms with van der Waals surface area (Å²) in [5, 5.41) is 4.33. The van der Waals surface area contributed by atoms with Crippen molar-refractivity contribution in [1.29, 1.82) is 0 Å². The standard InChI is InChI=1S/C18H21N3O4/c1-12(2)10-19-17(23)18(24)21-20-16(22)11-25-15-9-5-7-13-6-3-4-8-14(13)15/h3-9,12H,10-11H2,1-2H3,(H,19,23)(H,20,22)(H,21,24). The third-order valence-corrected chi connectivity index (χ3v) is 3.30. The molecule has 0 aliphatic carbocycles. The summed E-state index contributed by atoms with van der Waals surface area (Å²) in [6, 6.07) is 13.2. The van der Waals surface area contributed by atoms with E-state index in [4.69, 9.17) is 4.74 Å². The van der Waals surface area contributed by atoms with Gasteiger partial charge in [-0.05, 0) is 17.4 Å². The number of hydrazine groups is 1. The number of rotatable bonds is 5. The predicted octanol–water partition coefficient (Wildman–Crippen LogP) is 1.14. The molecule has 3 amide bonds. The number of nitrogens with one attached hydrogen (secondary N) is 3. The lowest BCUT2D eigenvalue weighted by atomic mass is 10.1. The van der Waals surface area contributed by atoms with Crippen molar-refractivity contribution in [2.24, 2.45) is 5.92 Å². The number of carbonyl (C=O) groups is 3. The van der Waals surface area contributed by atoms with Gasteiger partial charge in [-0.3, -0.25) is 25.2 Å². The smallest absolute Gasteiger partial charge is 0.327 e. The molecule has 0 atom stereocenters. The van der Waals surface area contributed by atoms with Gasteiger partial charge in [-0.2, -0.15) is 0 Å². The lowest BCUT2D eigenvalue weighted by Gasteiger charge is -2.11. The topological polar surface area (TPSA) is 96.5 Å². The number of hydrogen-bond acceptors (Lipinski definition) is 4. The Balaban J connectivity index is 1.80. The maximum atomic E-state index is 11.8. The van der Waals surface area contributed by atoms with Crippen molar-refractivity contribution >= 4 is 28.5 Å². The molecule has 2 aromatic rings. The zero-order chi connectivity index (χ0) is 18.2. The van der Waals surface area contributed by atoms with Crippen molar-refractivity contribution in [3.8, 4) is 5.75 Å². The largest absolute Gasteiger partial charge is 0.483 e. The average Bonchev–Trinajstić information content (AvgIpc) is 2.62. The van der Waals surface area contributed by atoms with Gasteiger partial charge < -0.3 is 10.1 Å². The lowest BCUT2D eigenvalue weighted by molar-refractivity contribution is -0.141. The molecular formula is C18H21N3O4. The highest BCUT2D eigenvalue weighted by molar-refractivity contribution is 6.35. The zero-order valence-corrected chi connectivity index (χ0v) is 14.2. The van der Waals surface area contributed by atoms with E-state index in [2.05, 4.69) is 10.7 Å². The number of benzene rings is 2.